The molecule has 0 aliphatic carbocycles. The highest BCUT2D eigenvalue weighted by molar-refractivity contribution is 6.25. The standard InChI is InChI=1S/C11H18ClNO2/c12-7-3-9-13-8-2-1-4-10(13)5-6-11(14)15/h3,7,10H,1-2,4-6,8-9H2,(H,14,15). The zero-order chi connectivity index (χ0) is 11.1. The summed E-state index contributed by atoms with van der Waals surface area (Å²) in [6.07, 6.45) is 6.48. The van der Waals surface area contributed by atoms with Gasteiger partial charge in [0.2, 0.25) is 0 Å². The zero-order valence-corrected chi connectivity index (χ0v) is 9.62. The maximum Gasteiger partial charge on any atom is 0.303 e. The molecule has 1 rings (SSSR count). The largest absolute Gasteiger partial charge is 0.481 e. The van der Waals surface area contributed by atoms with Crippen LogP contribution in [0.1, 0.15) is 32.1 Å². The third kappa shape index (κ3) is 4.67. The Labute approximate surface area is 95.7 Å². The Hall–Kier alpha value is -0.540. The molecule has 3 nitrogen and oxygen atoms in total. The van der Waals surface area contributed by atoms with Crippen LogP contribution >= 0.6 is 11.6 Å². The summed E-state index contributed by atoms with van der Waals surface area (Å²) in [5.41, 5.74) is 1.53. The van der Waals surface area contributed by atoms with Crippen molar-refractivity contribution in [2.24, 2.45) is 0 Å². The van der Waals surface area contributed by atoms with Crippen LogP contribution < -0.4 is 0 Å². The molecule has 0 saturated carbocycles. The summed E-state index contributed by atoms with van der Waals surface area (Å²) < 4.78 is 0. The quantitative estimate of drug-likeness (QED) is 0.790. The monoisotopic (exact) mass is 231 g/mol. The first kappa shape index (κ1) is 12.5. The van der Waals surface area contributed by atoms with E-state index >= 15 is 0 Å². The van der Waals surface area contributed by atoms with Gasteiger partial charge in [-0.05, 0) is 25.8 Å². The summed E-state index contributed by atoms with van der Waals surface area (Å²) in [7, 11) is 0. The summed E-state index contributed by atoms with van der Waals surface area (Å²) in [4.78, 5) is 12.8. The Kier molecular flexibility index (Phi) is 5.73. The minimum atomic E-state index is -0.701. The lowest BCUT2D eigenvalue weighted by Crippen LogP contribution is -2.39. The topological polar surface area (TPSA) is 40.5 Å². The van der Waals surface area contributed by atoms with Gasteiger partial charge in [-0.3, -0.25) is 9.69 Å². The number of piperidine rings is 1. The highest BCUT2D eigenvalue weighted by Crippen LogP contribution is 2.20. The molecule has 1 aliphatic rings. The molecule has 15 heavy (non-hydrogen) atoms. The number of hydrogen-bond donors (Lipinski definition) is 1. The average molecular weight is 232 g/mol. The van der Waals surface area contributed by atoms with Gasteiger partial charge in [0.05, 0.1) is 0 Å². The van der Waals surface area contributed by atoms with Crippen LogP contribution in [-0.4, -0.2) is 35.1 Å². The average Bonchev–Trinajstić information content (AvgIpc) is 2.24. The van der Waals surface area contributed by atoms with Crippen LogP contribution in [0.25, 0.3) is 0 Å². The molecule has 0 aromatic carbocycles. The van der Waals surface area contributed by atoms with E-state index in [1.165, 1.54) is 18.4 Å². The summed E-state index contributed by atoms with van der Waals surface area (Å²) >= 11 is 5.49. The Morgan fingerprint density at radius 2 is 2.33 bits per heavy atom. The Morgan fingerprint density at radius 3 is 3.00 bits per heavy atom. The smallest absolute Gasteiger partial charge is 0.303 e. The maximum atomic E-state index is 10.5. The molecule has 0 amide bonds. The van der Waals surface area contributed by atoms with Crippen molar-refractivity contribution < 1.29 is 9.90 Å². The molecule has 1 saturated heterocycles. The molecule has 1 atom stereocenters. The SMILES string of the molecule is O=C(O)CCC1CCCCN1CC=CCl. The lowest BCUT2D eigenvalue weighted by molar-refractivity contribution is -0.137. The van der Waals surface area contributed by atoms with Crippen molar-refractivity contribution in [1.82, 2.24) is 4.90 Å². The summed E-state index contributed by atoms with van der Waals surface area (Å²) in [5.74, 6) is -0.701. The van der Waals surface area contributed by atoms with Crippen LogP contribution in [0, 0.1) is 0 Å². The van der Waals surface area contributed by atoms with Gasteiger partial charge in [-0.25, -0.2) is 0 Å². The number of aliphatic carboxylic acids is 1. The summed E-state index contributed by atoms with van der Waals surface area (Å²) in [6.45, 7) is 1.90. The molecule has 0 aromatic heterocycles. The first-order valence-electron chi connectivity index (χ1n) is 5.45. The minimum absolute atomic E-state index is 0.270. The highest BCUT2D eigenvalue weighted by atomic mass is 35.5. The fourth-order valence-electron chi connectivity index (χ4n) is 2.09. The van der Waals surface area contributed by atoms with Crippen LogP contribution in [0.15, 0.2) is 11.6 Å². The van der Waals surface area contributed by atoms with Gasteiger partial charge in [0.1, 0.15) is 0 Å². The molecule has 0 spiro atoms. The molecule has 1 heterocycles. The second-order valence-corrected chi connectivity index (χ2v) is 4.19. The van der Waals surface area contributed by atoms with Crippen molar-refractivity contribution in [2.75, 3.05) is 13.1 Å². The Bertz CT molecular complexity index is 231. The predicted octanol–water partition coefficient (Wildman–Crippen LogP) is 2.46. The fourth-order valence-corrected chi connectivity index (χ4v) is 2.17. The minimum Gasteiger partial charge on any atom is -0.481 e. The molecule has 1 aliphatic heterocycles. The van der Waals surface area contributed by atoms with E-state index in [9.17, 15) is 4.79 Å². The van der Waals surface area contributed by atoms with Crippen LogP contribution in [0.5, 0.6) is 0 Å². The Balaban J connectivity index is 2.38. The van der Waals surface area contributed by atoms with E-state index in [4.69, 9.17) is 16.7 Å². The molecule has 0 aromatic rings. The lowest BCUT2D eigenvalue weighted by Gasteiger charge is -2.34. The number of hydrogen-bond acceptors (Lipinski definition) is 2. The maximum absolute atomic E-state index is 10.5. The van der Waals surface area contributed by atoms with Crippen molar-refractivity contribution in [3.8, 4) is 0 Å². The van der Waals surface area contributed by atoms with E-state index in [1.807, 2.05) is 6.08 Å². The van der Waals surface area contributed by atoms with Gasteiger partial charge in [0.15, 0.2) is 0 Å². The van der Waals surface area contributed by atoms with Gasteiger partial charge in [-0.2, -0.15) is 0 Å². The van der Waals surface area contributed by atoms with Gasteiger partial charge in [0.25, 0.3) is 0 Å². The van der Waals surface area contributed by atoms with Crippen LogP contribution in [0.2, 0.25) is 0 Å². The highest BCUT2D eigenvalue weighted by Gasteiger charge is 2.21. The zero-order valence-electron chi connectivity index (χ0n) is 8.86. The van der Waals surface area contributed by atoms with E-state index in [-0.39, 0.29) is 6.42 Å². The van der Waals surface area contributed by atoms with Crippen LogP contribution in [0.3, 0.4) is 0 Å². The summed E-state index contributed by atoms with van der Waals surface area (Å²) in [6, 6.07) is 0.419. The molecular formula is C11H18ClNO2. The third-order valence-electron chi connectivity index (χ3n) is 2.87. The molecule has 86 valence electrons. The predicted molar refractivity (Wildman–Crippen MR) is 61.1 cm³/mol. The molecule has 1 fully saturated rings. The van der Waals surface area contributed by atoms with E-state index in [2.05, 4.69) is 4.90 Å². The van der Waals surface area contributed by atoms with Gasteiger partial charge in [0, 0.05) is 24.5 Å². The van der Waals surface area contributed by atoms with E-state index in [0.717, 1.165) is 25.9 Å². The van der Waals surface area contributed by atoms with E-state index in [1.54, 1.807) is 0 Å². The molecule has 1 N–H and O–H groups in total. The molecule has 4 heteroatoms. The number of rotatable bonds is 5. The number of carboxylic acids is 1. The van der Waals surface area contributed by atoms with Gasteiger partial charge in [-0.1, -0.05) is 24.1 Å². The van der Waals surface area contributed by atoms with Gasteiger partial charge in [-0.15, -0.1) is 0 Å². The number of halogens is 1. The second kappa shape index (κ2) is 6.85. The van der Waals surface area contributed by atoms with Gasteiger partial charge < -0.3 is 5.11 Å². The van der Waals surface area contributed by atoms with E-state index < -0.39 is 5.97 Å². The first-order valence-corrected chi connectivity index (χ1v) is 5.88. The van der Waals surface area contributed by atoms with Crippen LogP contribution in [0.4, 0.5) is 0 Å². The van der Waals surface area contributed by atoms with Crippen molar-refractivity contribution in [3.63, 3.8) is 0 Å². The molecular weight excluding hydrogens is 214 g/mol. The number of nitrogens with zero attached hydrogens (tertiary/aromatic N) is 1. The van der Waals surface area contributed by atoms with Crippen molar-refractivity contribution in [3.05, 3.63) is 11.6 Å². The van der Waals surface area contributed by atoms with Gasteiger partial charge >= 0.3 is 5.97 Å². The Morgan fingerprint density at radius 1 is 1.53 bits per heavy atom. The number of carbonyl (C=O) groups is 1. The van der Waals surface area contributed by atoms with Crippen molar-refractivity contribution in [2.45, 2.75) is 38.1 Å². The summed E-state index contributed by atoms with van der Waals surface area (Å²) in [5, 5.41) is 8.65. The number of carboxylic acid groups (broad SMARTS) is 1. The van der Waals surface area contributed by atoms with E-state index in [0.29, 0.717) is 6.04 Å². The normalized spacial score (nSPS) is 23.4. The molecule has 0 radical (unpaired) electrons. The van der Waals surface area contributed by atoms with Crippen LogP contribution in [-0.2, 0) is 4.79 Å². The second-order valence-electron chi connectivity index (χ2n) is 3.94. The third-order valence-corrected chi connectivity index (χ3v) is 3.05. The lowest BCUT2D eigenvalue weighted by atomic mass is 9.98. The number of likely N-dealkylation sites (tertiary alicyclic amines) is 1. The fraction of sp³-hybridized carbons (Fsp3) is 0.727. The molecule has 1 unspecified atom stereocenters. The van der Waals surface area contributed by atoms with Crippen molar-refractivity contribution >= 4 is 17.6 Å². The van der Waals surface area contributed by atoms with Crippen molar-refractivity contribution in [1.29, 1.82) is 0 Å². The first-order chi connectivity index (χ1) is 7.24. The molecule has 0 bridgehead atoms.